The van der Waals surface area contributed by atoms with Gasteiger partial charge in [-0.3, -0.25) is 4.79 Å². The van der Waals surface area contributed by atoms with E-state index < -0.39 is 18.2 Å². The van der Waals surface area contributed by atoms with E-state index in [0.29, 0.717) is 12.8 Å². The first kappa shape index (κ1) is 60.1. The van der Waals surface area contributed by atoms with E-state index in [4.69, 9.17) is 0 Å². The summed E-state index contributed by atoms with van der Waals surface area (Å²) in [5.74, 6) is -0.281. The number of rotatable bonds is 52. The molecule has 0 spiro atoms. The third kappa shape index (κ3) is 48.4. The Hall–Kier alpha value is -0.910. The second kappa shape index (κ2) is 51.7. The molecule has 0 aromatic heterocycles. The third-order valence-electron chi connectivity index (χ3n) is 13.3. The maximum atomic E-state index is 12.4. The van der Waals surface area contributed by atoms with Gasteiger partial charge in [-0.25, -0.2) is 0 Å². The van der Waals surface area contributed by atoms with Crippen molar-refractivity contribution in [3.8, 4) is 0 Å². The van der Waals surface area contributed by atoms with Crippen molar-refractivity contribution in [3.05, 3.63) is 12.2 Å². The van der Waals surface area contributed by atoms with Crippen LogP contribution in [0.15, 0.2) is 12.2 Å². The summed E-state index contributed by atoms with van der Waals surface area (Å²) in [5, 5.41) is 33.3. The predicted molar refractivity (Wildman–Crippen MR) is 269 cm³/mol. The quantitative estimate of drug-likeness (QED) is 0.0362. The molecule has 0 aromatic carbocycles. The fourth-order valence-corrected chi connectivity index (χ4v) is 9.05. The van der Waals surface area contributed by atoms with E-state index in [1.807, 2.05) is 0 Å². The van der Waals surface area contributed by atoms with Gasteiger partial charge in [-0.15, -0.1) is 0 Å². The van der Waals surface area contributed by atoms with Gasteiger partial charge in [0.05, 0.1) is 31.3 Å². The van der Waals surface area contributed by atoms with E-state index in [2.05, 4.69) is 31.3 Å². The molecule has 0 rings (SSSR count). The number of allylic oxidation sites excluding steroid dienone is 2. The average molecular weight is 863 g/mol. The second-order valence-electron chi connectivity index (χ2n) is 19.6. The van der Waals surface area contributed by atoms with Gasteiger partial charge in [-0.1, -0.05) is 283 Å². The Morgan fingerprint density at radius 3 is 0.951 bits per heavy atom. The van der Waals surface area contributed by atoms with Crippen LogP contribution in [0.4, 0.5) is 0 Å². The fraction of sp³-hybridized carbons (Fsp3) is 0.946. The maximum absolute atomic E-state index is 12.4. The minimum Gasteiger partial charge on any atom is -0.394 e. The van der Waals surface area contributed by atoms with Gasteiger partial charge in [0.25, 0.3) is 0 Å². The summed E-state index contributed by atoms with van der Waals surface area (Å²) in [6.07, 6.45) is 64.0. The van der Waals surface area contributed by atoms with Crippen LogP contribution in [-0.2, 0) is 4.79 Å². The summed E-state index contributed by atoms with van der Waals surface area (Å²) >= 11 is 0. The van der Waals surface area contributed by atoms with Gasteiger partial charge < -0.3 is 20.6 Å². The van der Waals surface area contributed by atoms with E-state index >= 15 is 0 Å². The van der Waals surface area contributed by atoms with Gasteiger partial charge in [0.1, 0.15) is 0 Å². The first-order valence-corrected chi connectivity index (χ1v) is 28.0. The zero-order valence-corrected chi connectivity index (χ0v) is 41.6. The predicted octanol–water partition coefficient (Wildman–Crippen LogP) is 17.1. The van der Waals surface area contributed by atoms with Gasteiger partial charge in [0.15, 0.2) is 0 Å². The number of carbonyl (C=O) groups is 1. The summed E-state index contributed by atoms with van der Waals surface area (Å²) in [5.41, 5.74) is 0. The van der Waals surface area contributed by atoms with E-state index in [-0.39, 0.29) is 18.9 Å². The lowest BCUT2D eigenvalue weighted by Crippen LogP contribution is -2.46. The summed E-state index contributed by atoms with van der Waals surface area (Å²) < 4.78 is 0. The molecule has 5 heteroatoms. The Labute approximate surface area is 382 Å². The minimum atomic E-state index is -0.744. The highest BCUT2D eigenvalue weighted by atomic mass is 16.3. The van der Waals surface area contributed by atoms with E-state index in [9.17, 15) is 20.1 Å². The number of unbranched alkanes of at least 4 members (excludes halogenated alkanes) is 41. The van der Waals surface area contributed by atoms with Gasteiger partial charge in [0, 0.05) is 0 Å². The summed E-state index contributed by atoms with van der Waals surface area (Å²) in [4.78, 5) is 12.4. The van der Waals surface area contributed by atoms with Crippen molar-refractivity contribution in [1.82, 2.24) is 5.32 Å². The van der Waals surface area contributed by atoms with Crippen LogP contribution in [0.5, 0.6) is 0 Å². The standard InChI is InChI=1S/C56H111NO4/c1-3-5-7-9-11-13-14-15-16-17-18-19-20-21-22-23-24-25-26-27-28-29-30-31-32-33-34-35-36-37-38-39-40-42-43-45-47-49-53(59)51-56(61)57-54(52-58)55(60)50-48-46-44-41-12-10-8-6-4-2/h27-28,53-55,58-60H,3-26,29-52H2,1-2H3,(H,57,61)/b28-27-. The molecular weight excluding hydrogens is 751 g/mol. The first-order chi connectivity index (χ1) is 30.0. The van der Waals surface area contributed by atoms with Crippen molar-refractivity contribution in [1.29, 1.82) is 0 Å². The lowest BCUT2D eigenvalue weighted by atomic mass is 10.0. The molecule has 0 fully saturated rings. The van der Waals surface area contributed by atoms with Crippen LogP contribution in [0, 0.1) is 0 Å². The van der Waals surface area contributed by atoms with Crippen molar-refractivity contribution in [2.24, 2.45) is 0 Å². The van der Waals surface area contributed by atoms with Crippen LogP contribution in [-0.4, -0.2) is 46.1 Å². The monoisotopic (exact) mass is 862 g/mol. The topological polar surface area (TPSA) is 89.8 Å². The number of carbonyl (C=O) groups excluding carboxylic acids is 1. The molecule has 0 aliphatic carbocycles. The molecule has 0 bridgehead atoms. The smallest absolute Gasteiger partial charge is 0.222 e. The van der Waals surface area contributed by atoms with Crippen LogP contribution >= 0.6 is 0 Å². The van der Waals surface area contributed by atoms with E-state index in [1.54, 1.807) is 0 Å². The number of hydrogen-bond donors (Lipinski definition) is 4. The molecule has 61 heavy (non-hydrogen) atoms. The number of aliphatic hydroxyl groups excluding tert-OH is 3. The highest BCUT2D eigenvalue weighted by Gasteiger charge is 2.21. The first-order valence-electron chi connectivity index (χ1n) is 28.0. The van der Waals surface area contributed by atoms with Gasteiger partial charge >= 0.3 is 0 Å². The Morgan fingerprint density at radius 2 is 0.656 bits per heavy atom. The van der Waals surface area contributed by atoms with E-state index in [0.717, 1.165) is 25.7 Å². The molecule has 0 heterocycles. The van der Waals surface area contributed by atoms with Crippen molar-refractivity contribution < 1.29 is 20.1 Å². The fourth-order valence-electron chi connectivity index (χ4n) is 9.05. The van der Waals surface area contributed by atoms with Gasteiger partial charge in [0.2, 0.25) is 5.91 Å². The van der Waals surface area contributed by atoms with Crippen LogP contribution in [0.25, 0.3) is 0 Å². The SMILES string of the molecule is CCCCCCCCCCCCCCCCCCCC/C=C\CCCCCCCCCCCCCCCCCC(O)CC(=O)NC(CO)C(O)CCCCCCCCCCC. The highest BCUT2D eigenvalue weighted by molar-refractivity contribution is 5.76. The zero-order chi connectivity index (χ0) is 44.4. The zero-order valence-electron chi connectivity index (χ0n) is 41.6. The highest BCUT2D eigenvalue weighted by Crippen LogP contribution is 2.18. The van der Waals surface area contributed by atoms with Crippen LogP contribution in [0.2, 0.25) is 0 Å². The van der Waals surface area contributed by atoms with Crippen molar-refractivity contribution in [2.45, 2.75) is 334 Å². The molecule has 0 aromatic rings. The summed E-state index contributed by atoms with van der Waals surface area (Å²) in [7, 11) is 0. The van der Waals surface area contributed by atoms with E-state index in [1.165, 1.54) is 257 Å². The molecule has 3 unspecified atom stereocenters. The number of aliphatic hydroxyl groups is 3. The van der Waals surface area contributed by atoms with Crippen molar-refractivity contribution in [3.63, 3.8) is 0 Å². The average Bonchev–Trinajstić information content (AvgIpc) is 3.25. The molecule has 364 valence electrons. The Morgan fingerprint density at radius 1 is 0.393 bits per heavy atom. The Kier molecular flexibility index (Phi) is 51.0. The number of amides is 1. The molecule has 0 saturated carbocycles. The van der Waals surface area contributed by atoms with Crippen molar-refractivity contribution in [2.75, 3.05) is 6.61 Å². The molecule has 5 nitrogen and oxygen atoms in total. The second-order valence-corrected chi connectivity index (χ2v) is 19.6. The number of hydrogen-bond acceptors (Lipinski definition) is 4. The van der Waals surface area contributed by atoms with Gasteiger partial charge in [-0.05, 0) is 38.5 Å². The lowest BCUT2D eigenvalue weighted by molar-refractivity contribution is -0.125. The molecule has 4 N–H and O–H groups in total. The molecular formula is C56H111NO4. The number of nitrogens with one attached hydrogen (secondary N) is 1. The maximum Gasteiger partial charge on any atom is 0.222 e. The largest absolute Gasteiger partial charge is 0.394 e. The normalized spacial score (nSPS) is 13.3. The molecule has 3 atom stereocenters. The van der Waals surface area contributed by atoms with Crippen LogP contribution in [0.3, 0.4) is 0 Å². The third-order valence-corrected chi connectivity index (χ3v) is 13.3. The lowest BCUT2D eigenvalue weighted by Gasteiger charge is -2.23. The van der Waals surface area contributed by atoms with Crippen molar-refractivity contribution >= 4 is 5.91 Å². The van der Waals surface area contributed by atoms with Crippen LogP contribution in [0.1, 0.15) is 316 Å². The van der Waals surface area contributed by atoms with Gasteiger partial charge in [-0.2, -0.15) is 0 Å². The molecule has 0 aliphatic heterocycles. The minimum absolute atomic E-state index is 0.0402. The Bertz CT molecular complexity index is 864. The molecule has 0 aliphatic rings. The summed E-state index contributed by atoms with van der Waals surface area (Å²) in [6.45, 7) is 4.26. The van der Waals surface area contributed by atoms with Crippen LogP contribution < -0.4 is 5.32 Å². The Balaban J connectivity index is 3.39. The molecule has 1 amide bonds. The molecule has 0 radical (unpaired) electrons. The summed E-state index contributed by atoms with van der Waals surface area (Å²) in [6, 6.07) is -0.653. The molecule has 0 saturated heterocycles.